The van der Waals surface area contributed by atoms with Crippen molar-refractivity contribution in [3.63, 3.8) is 0 Å². The van der Waals surface area contributed by atoms with E-state index in [0.717, 1.165) is 0 Å². The smallest absolute Gasteiger partial charge is 0.193 e. The van der Waals surface area contributed by atoms with E-state index in [1.54, 1.807) is 13.0 Å². The second-order valence-electron chi connectivity index (χ2n) is 11.6. The zero-order valence-corrected chi connectivity index (χ0v) is 22.8. The Kier molecular flexibility index (Phi) is 7.80. The minimum absolute atomic E-state index is 0.0107. The molecule has 168 valence electrons. The maximum atomic E-state index is 13.3. The Hall–Kier alpha value is -0.536. The van der Waals surface area contributed by atoms with Gasteiger partial charge >= 0.3 is 0 Å². The van der Waals surface area contributed by atoms with Crippen LogP contribution in [0.3, 0.4) is 0 Å². The van der Waals surface area contributed by atoms with E-state index in [1.807, 2.05) is 19.1 Å². The van der Waals surface area contributed by atoms with Crippen molar-refractivity contribution in [3.8, 4) is 0 Å². The van der Waals surface area contributed by atoms with Crippen LogP contribution in [0, 0.1) is 5.41 Å². The van der Waals surface area contributed by atoms with Crippen molar-refractivity contribution >= 4 is 22.4 Å². The molecule has 0 aromatic carbocycles. The monoisotopic (exact) mass is 440 g/mol. The predicted molar refractivity (Wildman–Crippen MR) is 127 cm³/mol. The van der Waals surface area contributed by atoms with Crippen LogP contribution in [-0.2, 0) is 13.6 Å². The molecule has 0 heterocycles. The molecule has 1 aliphatic rings. The number of rotatable bonds is 6. The van der Waals surface area contributed by atoms with Gasteiger partial charge in [0, 0.05) is 5.57 Å². The fourth-order valence-corrected chi connectivity index (χ4v) is 5.09. The van der Waals surface area contributed by atoms with E-state index in [0.29, 0.717) is 5.57 Å². The van der Waals surface area contributed by atoms with Gasteiger partial charge in [0.2, 0.25) is 0 Å². The Balaban J connectivity index is 3.33. The van der Waals surface area contributed by atoms with Gasteiger partial charge in [-0.25, -0.2) is 0 Å². The molecule has 29 heavy (non-hydrogen) atoms. The molecular weight excluding hydrogens is 396 g/mol. The maximum absolute atomic E-state index is 13.3. The number of carbonyl (C=O) groups is 1. The number of hydrogen-bond acceptors (Lipinski definition) is 4. The number of ketones is 1. The molecule has 1 N–H and O–H groups in total. The average molecular weight is 441 g/mol. The first-order chi connectivity index (χ1) is 12.8. The third-order valence-corrected chi connectivity index (χ3v) is 16.2. The highest BCUT2D eigenvalue weighted by Gasteiger charge is 2.50. The van der Waals surface area contributed by atoms with Crippen LogP contribution in [0.25, 0.3) is 0 Å². The highest BCUT2D eigenvalue weighted by molar-refractivity contribution is 6.74. The molecule has 0 saturated heterocycles. The number of Topliss-reactive ketones (excluding diaryl/α,β-unsaturated/α-hetero) is 1. The molecule has 0 radical (unpaired) electrons. The van der Waals surface area contributed by atoms with Crippen LogP contribution in [0.15, 0.2) is 23.8 Å². The van der Waals surface area contributed by atoms with E-state index >= 15 is 0 Å². The van der Waals surface area contributed by atoms with E-state index in [9.17, 15) is 9.90 Å². The molecule has 4 nitrogen and oxygen atoms in total. The molecular formula is C23H44O4Si2. The van der Waals surface area contributed by atoms with Gasteiger partial charge in [-0.3, -0.25) is 4.79 Å². The quantitative estimate of drug-likeness (QED) is 0.416. The Morgan fingerprint density at radius 2 is 1.55 bits per heavy atom. The molecule has 0 aromatic heterocycles. The summed E-state index contributed by atoms with van der Waals surface area (Å²) in [6, 6.07) is 0. The minimum atomic E-state index is -2.13. The fraction of sp³-hybridized carbons (Fsp3) is 0.783. The summed E-state index contributed by atoms with van der Waals surface area (Å²) in [4.78, 5) is 13.3. The lowest BCUT2D eigenvalue weighted by atomic mass is 9.71. The van der Waals surface area contributed by atoms with Gasteiger partial charge in [-0.15, -0.1) is 0 Å². The van der Waals surface area contributed by atoms with Gasteiger partial charge < -0.3 is 14.0 Å². The van der Waals surface area contributed by atoms with Gasteiger partial charge in [-0.05, 0) is 56.2 Å². The van der Waals surface area contributed by atoms with Crippen LogP contribution in [0.5, 0.6) is 0 Å². The Bertz CT molecular complexity index is 665. The maximum Gasteiger partial charge on any atom is 0.193 e. The zero-order valence-electron chi connectivity index (χ0n) is 20.8. The van der Waals surface area contributed by atoms with E-state index < -0.39 is 34.3 Å². The van der Waals surface area contributed by atoms with Crippen molar-refractivity contribution in [1.29, 1.82) is 0 Å². The van der Waals surface area contributed by atoms with Crippen molar-refractivity contribution in [2.45, 2.75) is 104 Å². The van der Waals surface area contributed by atoms with Crippen molar-refractivity contribution in [2.24, 2.45) is 5.41 Å². The van der Waals surface area contributed by atoms with E-state index in [1.165, 1.54) is 0 Å². The third kappa shape index (κ3) is 5.59. The average Bonchev–Trinajstić information content (AvgIpc) is 2.52. The first kappa shape index (κ1) is 26.5. The lowest BCUT2D eigenvalue weighted by molar-refractivity contribution is -0.132. The van der Waals surface area contributed by atoms with Gasteiger partial charge in [0.05, 0.1) is 24.2 Å². The van der Waals surface area contributed by atoms with Crippen molar-refractivity contribution in [1.82, 2.24) is 0 Å². The van der Waals surface area contributed by atoms with Crippen LogP contribution in [0.2, 0.25) is 36.3 Å². The number of hydrogen-bond donors (Lipinski definition) is 1. The van der Waals surface area contributed by atoms with Crippen LogP contribution >= 0.6 is 0 Å². The van der Waals surface area contributed by atoms with Gasteiger partial charge in [0.25, 0.3) is 0 Å². The molecule has 0 aliphatic heterocycles. The second-order valence-corrected chi connectivity index (χ2v) is 21.2. The molecule has 0 fully saturated rings. The van der Waals surface area contributed by atoms with Crippen LogP contribution in [-0.4, -0.2) is 46.3 Å². The van der Waals surface area contributed by atoms with E-state index in [2.05, 4.69) is 67.7 Å². The standard InChI is InChI=1S/C23H44O4Si2/c1-13-14-23(8)19(24)17(16-26-28(9,10)21(2,3)4)15-18(20(23)25)27-29(11,12)22(5,6)7/h13-15,18,20,25H,16H2,1-12H3/b14-13+/t18-,20+,23+/m1/s1. The summed E-state index contributed by atoms with van der Waals surface area (Å²) in [6.07, 6.45) is 4.03. The van der Waals surface area contributed by atoms with Crippen molar-refractivity contribution in [3.05, 3.63) is 23.8 Å². The van der Waals surface area contributed by atoms with Gasteiger partial charge in [0.15, 0.2) is 22.4 Å². The SMILES string of the molecule is C/C=C/[C@@]1(C)C(=O)C(CO[Si](C)(C)C(C)(C)C)=C[C@@H](O[Si](C)(C)C(C)(C)C)[C@@H]1O. The lowest BCUT2D eigenvalue weighted by Gasteiger charge is -2.45. The Labute approximate surface area is 181 Å². The highest BCUT2D eigenvalue weighted by atomic mass is 28.4. The number of allylic oxidation sites excluding steroid dienone is 1. The van der Waals surface area contributed by atoms with Crippen LogP contribution in [0.4, 0.5) is 0 Å². The molecule has 0 aromatic rings. The molecule has 0 saturated carbocycles. The van der Waals surface area contributed by atoms with E-state index in [4.69, 9.17) is 8.85 Å². The lowest BCUT2D eigenvalue weighted by Crippen LogP contribution is -2.55. The number of aliphatic hydroxyl groups is 1. The van der Waals surface area contributed by atoms with Gasteiger partial charge in [-0.1, -0.05) is 53.7 Å². The molecule has 0 amide bonds. The molecule has 0 spiro atoms. The molecule has 6 heteroatoms. The van der Waals surface area contributed by atoms with E-state index in [-0.39, 0.29) is 22.5 Å². The summed E-state index contributed by atoms with van der Waals surface area (Å²) in [5.74, 6) is -0.0723. The number of aliphatic hydroxyl groups excluding tert-OH is 1. The predicted octanol–water partition coefficient (Wildman–Crippen LogP) is 5.85. The summed E-state index contributed by atoms with van der Waals surface area (Å²) in [6.45, 7) is 25.8. The zero-order chi connectivity index (χ0) is 23.1. The fourth-order valence-electron chi connectivity index (χ4n) is 2.91. The molecule has 1 rings (SSSR count). The highest BCUT2D eigenvalue weighted by Crippen LogP contribution is 2.43. The molecule has 1 aliphatic carbocycles. The molecule has 0 unspecified atom stereocenters. The number of carbonyl (C=O) groups excluding carboxylic acids is 1. The third-order valence-electron chi connectivity index (χ3n) is 7.22. The summed E-state index contributed by atoms with van der Waals surface area (Å²) >= 11 is 0. The summed E-state index contributed by atoms with van der Waals surface area (Å²) in [7, 11) is -4.14. The largest absolute Gasteiger partial charge is 0.412 e. The van der Waals surface area contributed by atoms with Crippen molar-refractivity contribution < 1.29 is 18.8 Å². The minimum Gasteiger partial charge on any atom is -0.412 e. The summed E-state index contributed by atoms with van der Waals surface area (Å²) < 4.78 is 12.9. The topological polar surface area (TPSA) is 55.8 Å². The molecule has 3 atom stereocenters. The van der Waals surface area contributed by atoms with Crippen LogP contribution in [0.1, 0.15) is 55.4 Å². The first-order valence-electron chi connectivity index (χ1n) is 10.7. The summed E-state index contributed by atoms with van der Waals surface area (Å²) in [5.41, 5.74) is -0.396. The second kappa shape index (κ2) is 8.54. The summed E-state index contributed by atoms with van der Waals surface area (Å²) in [5, 5.41) is 11.2. The van der Waals surface area contributed by atoms with Gasteiger partial charge in [0.1, 0.15) is 0 Å². The van der Waals surface area contributed by atoms with Crippen LogP contribution < -0.4 is 0 Å². The Morgan fingerprint density at radius 3 is 1.97 bits per heavy atom. The van der Waals surface area contributed by atoms with Crippen molar-refractivity contribution in [2.75, 3.05) is 6.61 Å². The Morgan fingerprint density at radius 1 is 1.07 bits per heavy atom. The first-order valence-corrected chi connectivity index (χ1v) is 16.5. The molecule has 0 bridgehead atoms. The van der Waals surface area contributed by atoms with Gasteiger partial charge in [-0.2, -0.15) is 0 Å². The normalized spacial score (nSPS) is 27.5.